The van der Waals surface area contributed by atoms with Crippen molar-refractivity contribution in [2.45, 2.75) is 56.1 Å². The van der Waals surface area contributed by atoms with Crippen molar-refractivity contribution in [3.63, 3.8) is 0 Å². The van der Waals surface area contributed by atoms with E-state index in [1.807, 2.05) is 41.3 Å². The lowest BCUT2D eigenvalue weighted by Gasteiger charge is -2.45. The number of hydrogen-bond acceptors (Lipinski definition) is 3. The van der Waals surface area contributed by atoms with Crippen molar-refractivity contribution < 1.29 is 19.8 Å². The largest absolute Gasteiger partial charge is 0.478 e. The number of amides is 1. The second kappa shape index (κ2) is 9.47. The van der Waals surface area contributed by atoms with Crippen LogP contribution in [-0.4, -0.2) is 45.7 Å². The Kier molecular flexibility index (Phi) is 6.68. The molecule has 1 heterocycles. The van der Waals surface area contributed by atoms with E-state index in [4.69, 9.17) is 16.7 Å². The normalized spacial score (nSPS) is 21.0. The summed E-state index contributed by atoms with van der Waals surface area (Å²) in [6, 6.07) is 14.5. The average Bonchev–Trinajstić information content (AvgIpc) is 3.11. The molecule has 2 N–H and O–H groups in total. The number of rotatable bonds is 8. The van der Waals surface area contributed by atoms with Gasteiger partial charge in [-0.15, -0.1) is 0 Å². The minimum Gasteiger partial charge on any atom is -0.478 e. The standard InChI is InChI=1S/C26H28ClNO4/c27-21-8-6-20(7-9-21)26(15-1-16-26)23(29)12-10-22-11-13-24(30)28(22)17-14-18-2-4-19(5-3-18)25(31)32/h2-10,12,22-23,29H,1,11,13-17H2,(H,31,32)/t22-,23-/m0/s1. The van der Waals surface area contributed by atoms with Crippen LogP contribution < -0.4 is 0 Å². The van der Waals surface area contributed by atoms with Gasteiger partial charge in [-0.1, -0.05) is 54.4 Å². The third-order valence-corrected chi connectivity index (χ3v) is 7.22. The number of carboxylic acid groups (broad SMARTS) is 1. The number of carbonyl (C=O) groups excluding carboxylic acids is 1. The topological polar surface area (TPSA) is 77.8 Å². The third-order valence-electron chi connectivity index (χ3n) is 6.96. The molecule has 1 amide bonds. The number of aliphatic hydroxyl groups excluding tert-OH is 1. The second-order valence-electron chi connectivity index (χ2n) is 8.79. The first-order valence-electron chi connectivity index (χ1n) is 11.1. The predicted molar refractivity (Wildman–Crippen MR) is 124 cm³/mol. The third kappa shape index (κ3) is 4.59. The number of hydrogen-bond donors (Lipinski definition) is 2. The van der Waals surface area contributed by atoms with Crippen molar-refractivity contribution in [1.82, 2.24) is 4.90 Å². The minimum atomic E-state index is -0.946. The van der Waals surface area contributed by atoms with Crippen LogP contribution in [0.15, 0.2) is 60.7 Å². The summed E-state index contributed by atoms with van der Waals surface area (Å²) >= 11 is 6.03. The van der Waals surface area contributed by atoms with Crippen LogP contribution in [0.5, 0.6) is 0 Å². The average molecular weight is 454 g/mol. The summed E-state index contributed by atoms with van der Waals surface area (Å²) in [6.07, 6.45) is 8.10. The minimum absolute atomic E-state index is 0.0298. The van der Waals surface area contributed by atoms with E-state index in [1.165, 1.54) is 0 Å². The fraction of sp³-hybridized carbons (Fsp3) is 0.385. The van der Waals surface area contributed by atoms with Gasteiger partial charge in [0.2, 0.25) is 5.91 Å². The Morgan fingerprint density at radius 1 is 1.16 bits per heavy atom. The maximum Gasteiger partial charge on any atom is 0.335 e. The zero-order valence-corrected chi connectivity index (χ0v) is 18.7. The fourth-order valence-electron chi connectivity index (χ4n) is 4.82. The summed E-state index contributed by atoms with van der Waals surface area (Å²) < 4.78 is 0. The molecule has 1 aliphatic heterocycles. The van der Waals surface area contributed by atoms with Crippen LogP contribution in [0.1, 0.15) is 53.6 Å². The van der Waals surface area contributed by atoms with Crippen LogP contribution >= 0.6 is 11.6 Å². The molecule has 6 heteroatoms. The summed E-state index contributed by atoms with van der Waals surface area (Å²) in [5, 5.41) is 20.8. The van der Waals surface area contributed by atoms with E-state index in [2.05, 4.69) is 0 Å². The molecular formula is C26H28ClNO4. The van der Waals surface area contributed by atoms with E-state index in [0.29, 0.717) is 24.4 Å². The molecule has 2 atom stereocenters. The predicted octanol–water partition coefficient (Wildman–Crippen LogP) is 4.61. The van der Waals surface area contributed by atoms with Gasteiger partial charge in [0.15, 0.2) is 0 Å². The van der Waals surface area contributed by atoms with Gasteiger partial charge in [0, 0.05) is 23.4 Å². The lowest BCUT2D eigenvalue weighted by atomic mass is 9.61. The zero-order chi connectivity index (χ0) is 22.7. The highest BCUT2D eigenvalue weighted by atomic mass is 35.5. The van der Waals surface area contributed by atoms with E-state index in [1.54, 1.807) is 24.3 Å². The van der Waals surface area contributed by atoms with Gasteiger partial charge in [-0.3, -0.25) is 4.79 Å². The van der Waals surface area contributed by atoms with Gasteiger partial charge in [0.05, 0.1) is 17.7 Å². The maximum atomic E-state index is 12.5. The first-order valence-corrected chi connectivity index (χ1v) is 11.5. The molecule has 1 aliphatic carbocycles. The molecule has 32 heavy (non-hydrogen) atoms. The van der Waals surface area contributed by atoms with Crippen LogP contribution in [0.4, 0.5) is 0 Å². The summed E-state index contributed by atoms with van der Waals surface area (Å²) in [5.41, 5.74) is 2.08. The highest BCUT2D eigenvalue weighted by Gasteiger charge is 2.44. The van der Waals surface area contributed by atoms with E-state index >= 15 is 0 Å². The Morgan fingerprint density at radius 3 is 2.44 bits per heavy atom. The van der Waals surface area contributed by atoms with Gasteiger partial charge in [-0.05, 0) is 61.1 Å². The number of aromatic carboxylic acids is 1. The second-order valence-corrected chi connectivity index (χ2v) is 9.23. The molecule has 1 saturated carbocycles. The smallest absolute Gasteiger partial charge is 0.335 e. The van der Waals surface area contributed by atoms with Crippen molar-refractivity contribution in [3.05, 3.63) is 82.4 Å². The van der Waals surface area contributed by atoms with Crippen LogP contribution in [0.2, 0.25) is 5.02 Å². The zero-order valence-electron chi connectivity index (χ0n) is 17.9. The first-order chi connectivity index (χ1) is 15.4. The van der Waals surface area contributed by atoms with Gasteiger partial charge in [0.1, 0.15) is 0 Å². The molecule has 2 aromatic rings. The van der Waals surface area contributed by atoms with Crippen molar-refractivity contribution in [1.29, 1.82) is 0 Å². The summed E-state index contributed by atoms with van der Waals surface area (Å²) in [5.74, 6) is -0.829. The summed E-state index contributed by atoms with van der Waals surface area (Å²) in [4.78, 5) is 25.3. The Balaban J connectivity index is 1.41. The molecule has 0 aromatic heterocycles. The number of carboxylic acids is 1. The first kappa shape index (κ1) is 22.6. The molecule has 2 aromatic carbocycles. The quantitative estimate of drug-likeness (QED) is 0.572. The monoisotopic (exact) mass is 453 g/mol. The van der Waals surface area contributed by atoms with Crippen LogP contribution in [0.25, 0.3) is 0 Å². The molecule has 5 nitrogen and oxygen atoms in total. The molecular weight excluding hydrogens is 426 g/mol. The summed E-state index contributed by atoms with van der Waals surface area (Å²) in [6.45, 7) is 0.568. The lowest BCUT2D eigenvalue weighted by Crippen LogP contribution is -2.44. The SMILES string of the molecule is O=C(O)c1ccc(CCN2C(=O)CC[C@@H]2C=C[C@H](O)C2(c3ccc(Cl)cc3)CCC2)cc1. The molecule has 0 spiro atoms. The van der Waals surface area contributed by atoms with Crippen LogP contribution in [0.3, 0.4) is 0 Å². The Labute approximate surface area is 193 Å². The van der Waals surface area contributed by atoms with Crippen molar-refractivity contribution in [3.8, 4) is 0 Å². The molecule has 0 radical (unpaired) electrons. The van der Waals surface area contributed by atoms with E-state index in [-0.39, 0.29) is 22.9 Å². The van der Waals surface area contributed by atoms with Crippen molar-refractivity contribution in [2.24, 2.45) is 0 Å². The Bertz CT molecular complexity index is 995. The highest BCUT2D eigenvalue weighted by molar-refractivity contribution is 6.30. The highest BCUT2D eigenvalue weighted by Crippen LogP contribution is 2.47. The number of aliphatic hydroxyl groups is 1. The molecule has 1 saturated heterocycles. The van der Waals surface area contributed by atoms with Crippen molar-refractivity contribution in [2.75, 3.05) is 6.54 Å². The Morgan fingerprint density at radius 2 is 1.84 bits per heavy atom. The van der Waals surface area contributed by atoms with Gasteiger partial charge < -0.3 is 15.1 Å². The number of halogens is 1. The van der Waals surface area contributed by atoms with Gasteiger partial charge in [-0.25, -0.2) is 4.79 Å². The van der Waals surface area contributed by atoms with Gasteiger partial charge >= 0.3 is 5.97 Å². The van der Waals surface area contributed by atoms with E-state index in [0.717, 1.165) is 36.8 Å². The molecule has 0 unspecified atom stereocenters. The maximum absolute atomic E-state index is 12.5. The van der Waals surface area contributed by atoms with Crippen molar-refractivity contribution >= 4 is 23.5 Å². The van der Waals surface area contributed by atoms with Gasteiger partial charge in [-0.2, -0.15) is 0 Å². The molecule has 4 rings (SSSR count). The summed E-state index contributed by atoms with van der Waals surface area (Å²) in [7, 11) is 0. The van der Waals surface area contributed by atoms with Crippen LogP contribution in [0, 0.1) is 0 Å². The van der Waals surface area contributed by atoms with Crippen LogP contribution in [-0.2, 0) is 16.6 Å². The van der Waals surface area contributed by atoms with Gasteiger partial charge in [0.25, 0.3) is 0 Å². The number of likely N-dealkylation sites (tertiary alicyclic amines) is 1. The molecule has 2 aliphatic rings. The number of benzene rings is 2. The molecule has 168 valence electrons. The number of carbonyl (C=O) groups is 2. The lowest BCUT2D eigenvalue weighted by molar-refractivity contribution is -0.128. The Hall–Kier alpha value is -2.63. The molecule has 2 fully saturated rings. The van der Waals surface area contributed by atoms with E-state index < -0.39 is 12.1 Å². The van der Waals surface area contributed by atoms with E-state index in [9.17, 15) is 14.7 Å². The molecule has 0 bridgehead atoms. The number of nitrogens with zero attached hydrogens (tertiary/aromatic N) is 1. The fourth-order valence-corrected chi connectivity index (χ4v) is 4.95.